The zero-order valence-electron chi connectivity index (χ0n) is 11.8. The number of nitrogens with zero attached hydrogens (tertiary/aromatic N) is 2. The Morgan fingerprint density at radius 3 is 2.48 bits per heavy atom. The Balaban J connectivity index is 1.65. The Morgan fingerprint density at radius 1 is 1.09 bits per heavy atom. The van der Waals surface area contributed by atoms with Crippen LogP contribution in [0.5, 0.6) is 0 Å². The third-order valence-corrected chi connectivity index (χ3v) is 4.46. The lowest BCUT2D eigenvalue weighted by Gasteiger charge is -2.01. The maximum absolute atomic E-state index is 12.8. The Bertz CT molecular complexity index is 818. The van der Waals surface area contributed by atoms with Crippen molar-refractivity contribution in [2.24, 2.45) is 0 Å². The molecule has 3 rings (SSSR count). The summed E-state index contributed by atoms with van der Waals surface area (Å²) in [7, 11) is 0. The number of nitrogens with one attached hydrogen (secondary N) is 1. The van der Waals surface area contributed by atoms with Crippen LogP contribution in [0.4, 0.5) is 9.52 Å². The molecule has 23 heavy (non-hydrogen) atoms. The summed E-state index contributed by atoms with van der Waals surface area (Å²) in [5.74, 6) is -0.535. The van der Waals surface area contributed by atoms with Crippen LogP contribution in [0.3, 0.4) is 0 Å². The average molecular weight is 392 g/mol. The van der Waals surface area contributed by atoms with Crippen molar-refractivity contribution in [3.8, 4) is 10.6 Å². The summed E-state index contributed by atoms with van der Waals surface area (Å²) in [6, 6.07) is 13.5. The predicted molar refractivity (Wildman–Crippen MR) is 91.8 cm³/mol. The second kappa shape index (κ2) is 6.97. The molecular formula is C16H11BrFN3OS. The molecule has 1 amide bonds. The van der Waals surface area contributed by atoms with Crippen LogP contribution in [-0.4, -0.2) is 16.1 Å². The number of aromatic nitrogens is 2. The molecule has 0 spiro atoms. The van der Waals surface area contributed by atoms with Gasteiger partial charge in [0.25, 0.3) is 0 Å². The highest BCUT2D eigenvalue weighted by Crippen LogP contribution is 2.27. The highest BCUT2D eigenvalue weighted by atomic mass is 79.9. The van der Waals surface area contributed by atoms with Gasteiger partial charge in [0.1, 0.15) is 10.8 Å². The molecule has 0 bridgehead atoms. The molecular weight excluding hydrogens is 381 g/mol. The standard InChI is InChI=1S/C16H11BrFN3OS/c17-12-5-3-11(4-6-12)15-20-21-16(23-15)19-14(22)9-10-1-7-13(18)8-2-10/h1-8H,9H2,(H,19,21,22). The van der Waals surface area contributed by atoms with Crippen molar-refractivity contribution >= 4 is 38.3 Å². The van der Waals surface area contributed by atoms with E-state index < -0.39 is 0 Å². The van der Waals surface area contributed by atoms with Crippen LogP contribution in [0, 0.1) is 5.82 Å². The molecule has 116 valence electrons. The summed E-state index contributed by atoms with van der Waals surface area (Å²) < 4.78 is 13.8. The maximum atomic E-state index is 12.8. The number of hydrogen-bond donors (Lipinski definition) is 1. The summed E-state index contributed by atoms with van der Waals surface area (Å²) in [5.41, 5.74) is 1.67. The first kappa shape index (κ1) is 15.8. The highest BCUT2D eigenvalue weighted by molar-refractivity contribution is 9.10. The van der Waals surface area contributed by atoms with Crippen molar-refractivity contribution in [3.05, 3.63) is 64.4 Å². The van der Waals surface area contributed by atoms with Gasteiger partial charge in [-0.1, -0.05) is 51.5 Å². The second-order valence-corrected chi connectivity index (χ2v) is 6.66. The number of rotatable bonds is 4. The average Bonchev–Trinajstić information content (AvgIpc) is 2.98. The van der Waals surface area contributed by atoms with E-state index in [1.807, 2.05) is 24.3 Å². The Labute approximate surface area is 144 Å². The number of benzene rings is 2. The van der Waals surface area contributed by atoms with Crippen LogP contribution in [0.1, 0.15) is 5.56 Å². The van der Waals surface area contributed by atoms with Gasteiger partial charge in [-0.25, -0.2) is 4.39 Å². The molecule has 1 heterocycles. The number of hydrogen-bond acceptors (Lipinski definition) is 4. The molecule has 0 aliphatic rings. The summed E-state index contributed by atoms with van der Waals surface area (Å²) in [5, 5.41) is 11.9. The van der Waals surface area contributed by atoms with Gasteiger partial charge in [-0.2, -0.15) is 0 Å². The molecule has 7 heteroatoms. The van der Waals surface area contributed by atoms with Crippen molar-refractivity contribution in [3.63, 3.8) is 0 Å². The molecule has 0 saturated heterocycles. The van der Waals surface area contributed by atoms with Crippen LogP contribution in [0.2, 0.25) is 0 Å². The first-order valence-electron chi connectivity index (χ1n) is 6.74. The number of anilines is 1. The van der Waals surface area contributed by atoms with Gasteiger partial charge in [-0.15, -0.1) is 10.2 Å². The van der Waals surface area contributed by atoms with E-state index in [4.69, 9.17) is 0 Å². The van der Waals surface area contributed by atoms with Crippen molar-refractivity contribution in [2.45, 2.75) is 6.42 Å². The van der Waals surface area contributed by atoms with Gasteiger partial charge in [-0.05, 0) is 29.8 Å². The summed E-state index contributed by atoms with van der Waals surface area (Å²) in [6.07, 6.45) is 0.160. The van der Waals surface area contributed by atoms with Gasteiger partial charge in [0.15, 0.2) is 0 Å². The van der Waals surface area contributed by atoms with E-state index in [1.54, 1.807) is 12.1 Å². The Morgan fingerprint density at radius 2 is 1.78 bits per heavy atom. The van der Waals surface area contributed by atoms with Crippen molar-refractivity contribution in [1.29, 1.82) is 0 Å². The monoisotopic (exact) mass is 391 g/mol. The van der Waals surface area contributed by atoms with Crippen LogP contribution < -0.4 is 5.32 Å². The summed E-state index contributed by atoms with van der Waals surface area (Å²) in [6.45, 7) is 0. The first-order valence-corrected chi connectivity index (χ1v) is 8.35. The van der Waals surface area contributed by atoms with Gasteiger partial charge >= 0.3 is 0 Å². The van der Waals surface area contributed by atoms with Gasteiger partial charge < -0.3 is 5.32 Å². The van der Waals surface area contributed by atoms with E-state index in [0.717, 1.165) is 20.6 Å². The SMILES string of the molecule is O=C(Cc1ccc(F)cc1)Nc1nnc(-c2ccc(Br)cc2)s1. The number of halogens is 2. The fourth-order valence-electron chi connectivity index (χ4n) is 1.93. The van der Waals surface area contributed by atoms with E-state index in [-0.39, 0.29) is 18.1 Å². The largest absolute Gasteiger partial charge is 0.300 e. The predicted octanol–water partition coefficient (Wildman–Crippen LogP) is 4.29. The summed E-state index contributed by atoms with van der Waals surface area (Å²) >= 11 is 4.68. The molecule has 0 saturated carbocycles. The molecule has 0 aliphatic heterocycles. The van der Waals surface area contributed by atoms with E-state index in [9.17, 15) is 9.18 Å². The highest BCUT2D eigenvalue weighted by Gasteiger charge is 2.10. The molecule has 0 aliphatic carbocycles. The number of carbonyl (C=O) groups excluding carboxylic acids is 1. The zero-order chi connectivity index (χ0) is 16.2. The maximum Gasteiger partial charge on any atom is 0.230 e. The Kier molecular flexibility index (Phi) is 4.78. The van der Waals surface area contributed by atoms with Crippen LogP contribution in [0.15, 0.2) is 53.0 Å². The molecule has 2 aromatic carbocycles. The zero-order valence-corrected chi connectivity index (χ0v) is 14.2. The molecule has 4 nitrogen and oxygen atoms in total. The minimum Gasteiger partial charge on any atom is -0.300 e. The lowest BCUT2D eigenvalue weighted by atomic mass is 10.1. The smallest absolute Gasteiger partial charge is 0.230 e. The topological polar surface area (TPSA) is 54.9 Å². The van der Waals surface area contributed by atoms with Crippen molar-refractivity contribution in [1.82, 2.24) is 10.2 Å². The second-order valence-electron chi connectivity index (χ2n) is 4.77. The van der Waals surface area contributed by atoms with Crippen molar-refractivity contribution < 1.29 is 9.18 Å². The molecule has 0 atom stereocenters. The van der Waals surface area contributed by atoms with E-state index in [1.165, 1.54) is 23.5 Å². The quantitative estimate of drug-likeness (QED) is 0.721. The molecule has 0 fully saturated rings. The molecule has 0 radical (unpaired) electrons. The van der Waals surface area contributed by atoms with E-state index in [0.29, 0.717) is 5.13 Å². The fraction of sp³-hybridized carbons (Fsp3) is 0.0625. The van der Waals surface area contributed by atoms with Crippen molar-refractivity contribution in [2.75, 3.05) is 5.32 Å². The number of amides is 1. The third kappa shape index (κ3) is 4.20. The van der Waals surface area contributed by atoms with E-state index >= 15 is 0 Å². The lowest BCUT2D eigenvalue weighted by Crippen LogP contribution is -2.14. The van der Waals surface area contributed by atoms with Crippen LogP contribution in [-0.2, 0) is 11.2 Å². The molecule has 0 unspecified atom stereocenters. The molecule has 3 aromatic rings. The fourth-order valence-corrected chi connectivity index (χ4v) is 2.96. The molecule has 1 N–H and O–H groups in total. The van der Waals surface area contributed by atoms with Gasteiger partial charge in [0.2, 0.25) is 11.0 Å². The lowest BCUT2D eigenvalue weighted by molar-refractivity contribution is -0.115. The van der Waals surface area contributed by atoms with Gasteiger partial charge in [0.05, 0.1) is 6.42 Å². The van der Waals surface area contributed by atoms with Crippen LogP contribution in [0.25, 0.3) is 10.6 Å². The summed E-state index contributed by atoms with van der Waals surface area (Å²) in [4.78, 5) is 12.0. The number of carbonyl (C=O) groups is 1. The van der Waals surface area contributed by atoms with E-state index in [2.05, 4.69) is 31.4 Å². The van der Waals surface area contributed by atoms with Gasteiger partial charge in [-0.3, -0.25) is 4.79 Å². The minimum atomic E-state index is -0.322. The van der Waals surface area contributed by atoms with Gasteiger partial charge in [0, 0.05) is 10.0 Å². The minimum absolute atomic E-state index is 0.160. The Hall–Kier alpha value is -2.12. The normalized spacial score (nSPS) is 10.5. The molecule has 1 aromatic heterocycles. The van der Waals surface area contributed by atoms with Crippen LogP contribution >= 0.6 is 27.3 Å². The first-order chi connectivity index (χ1) is 11.1. The third-order valence-electron chi connectivity index (χ3n) is 3.04.